The van der Waals surface area contributed by atoms with Gasteiger partial charge in [0.2, 0.25) is 17.7 Å². The smallest absolute Gasteiger partial charge is 0.233 e. The lowest BCUT2D eigenvalue weighted by Crippen LogP contribution is -2.37. The van der Waals surface area contributed by atoms with Crippen molar-refractivity contribution in [2.24, 2.45) is 11.8 Å². The Morgan fingerprint density at radius 3 is 2.47 bits per heavy atom. The lowest BCUT2D eigenvalue weighted by molar-refractivity contribution is -0.140. The molecule has 2 aromatic rings. The standard InChI is InChI=1S/C23H25N3O3S/c1-2-13-25(23-24-19(15-30-23)16-8-4-3-5-9-16)20(27)12-14-26-21(28)17-10-6-7-11-18(17)22(26)29/h2-5,8-9,15,17-18H,1,6-7,10-14H2/t17-,18-/m1/s1. The van der Waals surface area contributed by atoms with Crippen LogP contribution in [0.3, 0.4) is 0 Å². The molecule has 0 unspecified atom stereocenters. The predicted octanol–water partition coefficient (Wildman–Crippen LogP) is 3.89. The minimum Gasteiger partial charge on any atom is -0.284 e. The molecule has 2 atom stereocenters. The Balaban J connectivity index is 1.44. The van der Waals surface area contributed by atoms with Crippen LogP contribution >= 0.6 is 11.3 Å². The maximum absolute atomic E-state index is 13.0. The van der Waals surface area contributed by atoms with E-state index in [2.05, 4.69) is 11.6 Å². The fourth-order valence-electron chi connectivity index (χ4n) is 4.34. The number of amides is 3. The first-order valence-corrected chi connectivity index (χ1v) is 11.3. The Bertz CT molecular complexity index is 932. The van der Waals surface area contributed by atoms with Gasteiger partial charge in [-0.15, -0.1) is 17.9 Å². The van der Waals surface area contributed by atoms with Gasteiger partial charge in [0.15, 0.2) is 5.13 Å². The third-order valence-corrected chi connectivity index (χ3v) is 6.75. The van der Waals surface area contributed by atoms with Gasteiger partial charge < -0.3 is 0 Å². The molecule has 1 aliphatic carbocycles. The van der Waals surface area contributed by atoms with Crippen molar-refractivity contribution >= 4 is 34.2 Å². The Hall–Kier alpha value is -2.80. The van der Waals surface area contributed by atoms with Gasteiger partial charge in [-0.05, 0) is 12.8 Å². The Morgan fingerprint density at radius 1 is 1.17 bits per heavy atom. The highest BCUT2D eigenvalue weighted by Crippen LogP contribution is 2.38. The molecule has 0 spiro atoms. The summed E-state index contributed by atoms with van der Waals surface area (Å²) in [6, 6.07) is 9.79. The molecule has 1 aromatic heterocycles. The Kier molecular flexibility index (Phi) is 6.08. The highest BCUT2D eigenvalue weighted by molar-refractivity contribution is 7.14. The van der Waals surface area contributed by atoms with Crippen molar-refractivity contribution in [2.75, 3.05) is 18.0 Å². The van der Waals surface area contributed by atoms with E-state index < -0.39 is 0 Å². The Labute approximate surface area is 180 Å². The number of thiazole rings is 1. The summed E-state index contributed by atoms with van der Waals surface area (Å²) in [7, 11) is 0. The van der Waals surface area contributed by atoms with Gasteiger partial charge in [-0.1, -0.05) is 49.2 Å². The van der Waals surface area contributed by atoms with Crippen LogP contribution in [0.5, 0.6) is 0 Å². The summed E-state index contributed by atoms with van der Waals surface area (Å²) in [5.41, 5.74) is 1.80. The highest BCUT2D eigenvalue weighted by atomic mass is 32.1. The van der Waals surface area contributed by atoms with Crippen molar-refractivity contribution in [3.63, 3.8) is 0 Å². The molecule has 2 heterocycles. The van der Waals surface area contributed by atoms with Crippen molar-refractivity contribution in [2.45, 2.75) is 32.1 Å². The summed E-state index contributed by atoms with van der Waals surface area (Å²) in [6.45, 7) is 4.21. The maximum Gasteiger partial charge on any atom is 0.233 e. The fourth-order valence-corrected chi connectivity index (χ4v) is 5.20. The van der Waals surface area contributed by atoms with Crippen LogP contribution in [-0.2, 0) is 14.4 Å². The van der Waals surface area contributed by atoms with Crippen LogP contribution in [0.4, 0.5) is 5.13 Å². The fraction of sp³-hybridized carbons (Fsp3) is 0.391. The molecule has 2 aliphatic rings. The lowest BCUT2D eigenvalue weighted by atomic mass is 9.81. The first kappa shape index (κ1) is 20.5. The van der Waals surface area contributed by atoms with Crippen LogP contribution in [0.15, 0.2) is 48.4 Å². The van der Waals surface area contributed by atoms with Crippen LogP contribution in [0.2, 0.25) is 0 Å². The topological polar surface area (TPSA) is 70.6 Å². The minimum atomic E-state index is -0.182. The number of hydrogen-bond acceptors (Lipinski definition) is 5. The van der Waals surface area contributed by atoms with Gasteiger partial charge in [0.05, 0.1) is 17.5 Å². The van der Waals surface area contributed by atoms with Gasteiger partial charge in [-0.25, -0.2) is 4.98 Å². The van der Waals surface area contributed by atoms with Gasteiger partial charge in [0.1, 0.15) is 0 Å². The van der Waals surface area contributed by atoms with E-state index in [9.17, 15) is 14.4 Å². The summed E-state index contributed by atoms with van der Waals surface area (Å²) >= 11 is 1.39. The summed E-state index contributed by atoms with van der Waals surface area (Å²) in [5, 5.41) is 2.51. The van der Waals surface area contributed by atoms with Crippen LogP contribution in [-0.4, -0.2) is 40.7 Å². The number of carbonyl (C=O) groups is 3. The zero-order chi connectivity index (χ0) is 21.1. The summed E-state index contributed by atoms with van der Waals surface area (Å²) < 4.78 is 0. The molecule has 1 aromatic carbocycles. The summed E-state index contributed by atoms with van der Waals surface area (Å²) in [6.07, 6.45) is 5.29. The van der Waals surface area contributed by atoms with Gasteiger partial charge in [0.25, 0.3) is 0 Å². The van der Waals surface area contributed by atoms with E-state index in [4.69, 9.17) is 0 Å². The van der Waals surface area contributed by atoms with E-state index in [0.717, 1.165) is 36.9 Å². The molecule has 4 rings (SSSR count). The summed E-state index contributed by atoms with van der Waals surface area (Å²) in [5.74, 6) is -0.739. The van der Waals surface area contributed by atoms with E-state index in [1.165, 1.54) is 16.2 Å². The zero-order valence-electron chi connectivity index (χ0n) is 16.8. The van der Waals surface area contributed by atoms with Crippen molar-refractivity contribution in [3.8, 4) is 11.3 Å². The van der Waals surface area contributed by atoms with Crippen molar-refractivity contribution < 1.29 is 14.4 Å². The molecular weight excluding hydrogens is 398 g/mol. The highest BCUT2D eigenvalue weighted by Gasteiger charge is 2.47. The third kappa shape index (κ3) is 3.94. The lowest BCUT2D eigenvalue weighted by Gasteiger charge is -2.20. The summed E-state index contributed by atoms with van der Waals surface area (Å²) in [4.78, 5) is 45.7. The number of hydrogen-bond donors (Lipinski definition) is 0. The second kappa shape index (κ2) is 8.92. The molecule has 1 saturated carbocycles. The monoisotopic (exact) mass is 423 g/mol. The van der Waals surface area contributed by atoms with Gasteiger partial charge in [0, 0.05) is 30.5 Å². The van der Waals surface area contributed by atoms with Crippen LogP contribution in [0.1, 0.15) is 32.1 Å². The van der Waals surface area contributed by atoms with Crippen molar-refractivity contribution in [1.82, 2.24) is 9.88 Å². The minimum absolute atomic E-state index is 0.0883. The first-order valence-electron chi connectivity index (χ1n) is 10.4. The quantitative estimate of drug-likeness (QED) is 0.500. The van der Waals surface area contributed by atoms with E-state index in [0.29, 0.717) is 11.7 Å². The third-order valence-electron chi connectivity index (χ3n) is 5.89. The van der Waals surface area contributed by atoms with Gasteiger partial charge in [-0.3, -0.25) is 24.2 Å². The average Bonchev–Trinajstić information content (AvgIpc) is 3.35. The number of rotatable bonds is 7. The number of benzene rings is 1. The molecule has 6 nitrogen and oxygen atoms in total. The number of fused-ring (bicyclic) bond motifs is 1. The molecule has 0 radical (unpaired) electrons. The average molecular weight is 424 g/mol. The number of aromatic nitrogens is 1. The molecule has 1 saturated heterocycles. The Morgan fingerprint density at radius 2 is 1.83 bits per heavy atom. The SMILES string of the molecule is C=CCN(C(=O)CCN1C(=O)[C@@H]2CCCC[C@H]2C1=O)c1nc(-c2ccccc2)cs1. The molecule has 0 bridgehead atoms. The molecule has 30 heavy (non-hydrogen) atoms. The first-order chi connectivity index (χ1) is 14.6. The van der Waals surface area contributed by atoms with Crippen LogP contribution in [0, 0.1) is 11.8 Å². The molecule has 156 valence electrons. The van der Waals surface area contributed by atoms with Crippen LogP contribution in [0.25, 0.3) is 11.3 Å². The number of nitrogens with zero attached hydrogens (tertiary/aromatic N) is 3. The largest absolute Gasteiger partial charge is 0.284 e. The van der Waals surface area contributed by atoms with Crippen molar-refractivity contribution in [3.05, 3.63) is 48.4 Å². The predicted molar refractivity (Wildman–Crippen MR) is 117 cm³/mol. The number of imide groups is 1. The van der Waals surface area contributed by atoms with E-state index >= 15 is 0 Å². The normalized spacial score (nSPS) is 20.9. The number of anilines is 1. The molecule has 3 amide bonds. The zero-order valence-corrected chi connectivity index (χ0v) is 17.6. The van der Waals surface area contributed by atoms with Gasteiger partial charge >= 0.3 is 0 Å². The molecule has 1 aliphatic heterocycles. The van der Waals surface area contributed by atoms with E-state index in [1.54, 1.807) is 11.0 Å². The van der Waals surface area contributed by atoms with Crippen molar-refractivity contribution in [1.29, 1.82) is 0 Å². The molecule has 7 heteroatoms. The van der Waals surface area contributed by atoms with Gasteiger partial charge in [-0.2, -0.15) is 0 Å². The second-order valence-corrected chi connectivity index (χ2v) is 8.59. The molecule has 0 N–H and O–H groups in total. The molecule has 2 fully saturated rings. The van der Waals surface area contributed by atoms with Crippen LogP contribution < -0.4 is 4.90 Å². The number of likely N-dealkylation sites (tertiary alicyclic amines) is 1. The molecular formula is C23H25N3O3S. The van der Waals surface area contributed by atoms with E-state index in [-0.39, 0.29) is 42.5 Å². The van der Waals surface area contributed by atoms with E-state index in [1.807, 2.05) is 35.7 Å². The second-order valence-electron chi connectivity index (χ2n) is 7.75. The number of carbonyl (C=O) groups excluding carboxylic acids is 3. The maximum atomic E-state index is 13.0.